The molecule has 1 aromatic heterocycles. The van der Waals surface area contributed by atoms with E-state index in [0.717, 1.165) is 31.4 Å². The van der Waals surface area contributed by atoms with Gasteiger partial charge >= 0.3 is 5.97 Å². The lowest BCUT2D eigenvalue weighted by Crippen LogP contribution is -2.43. The van der Waals surface area contributed by atoms with Gasteiger partial charge in [-0.2, -0.15) is 5.10 Å². The van der Waals surface area contributed by atoms with E-state index in [1.165, 1.54) is 0 Å². The van der Waals surface area contributed by atoms with Gasteiger partial charge in [-0.3, -0.25) is 14.3 Å². The second kappa shape index (κ2) is 6.94. The minimum Gasteiger partial charge on any atom is -0.481 e. The maximum absolute atomic E-state index is 12.5. The Morgan fingerprint density at radius 2 is 2.00 bits per heavy atom. The number of nitrogens with one attached hydrogen (secondary N) is 1. The summed E-state index contributed by atoms with van der Waals surface area (Å²) in [7, 11) is 0. The van der Waals surface area contributed by atoms with Crippen LogP contribution in [-0.2, 0) is 4.79 Å². The number of hydrogen-bond acceptors (Lipinski definition) is 3. The quantitative estimate of drug-likeness (QED) is 0.837. The minimum absolute atomic E-state index is 0.186. The monoisotopic (exact) mass is 307 g/mol. The Labute approximate surface area is 130 Å². The van der Waals surface area contributed by atoms with Crippen molar-refractivity contribution in [1.29, 1.82) is 0 Å². The normalized spacial score (nSPS) is 22.4. The van der Waals surface area contributed by atoms with E-state index in [1.54, 1.807) is 10.9 Å². The Morgan fingerprint density at radius 1 is 1.32 bits per heavy atom. The van der Waals surface area contributed by atoms with Crippen molar-refractivity contribution < 1.29 is 14.7 Å². The summed E-state index contributed by atoms with van der Waals surface area (Å²) in [6.45, 7) is 5.88. The van der Waals surface area contributed by atoms with Crippen LogP contribution in [0.15, 0.2) is 6.20 Å². The highest BCUT2D eigenvalue weighted by molar-refractivity contribution is 5.95. The molecule has 1 amide bonds. The number of carbonyl (C=O) groups excluding carboxylic acids is 1. The van der Waals surface area contributed by atoms with E-state index in [4.69, 9.17) is 0 Å². The molecular formula is C16H25N3O3. The highest BCUT2D eigenvalue weighted by Gasteiger charge is 2.31. The molecule has 2 rings (SSSR count). The van der Waals surface area contributed by atoms with Crippen molar-refractivity contribution in [3.63, 3.8) is 0 Å². The number of carboxylic acid groups (broad SMARTS) is 1. The molecule has 1 aromatic rings. The molecule has 0 spiro atoms. The third-order valence-electron chi connectivity index (χ3n) is 4.43. The predicted octanol–water partition coefficient (Wildman–Crippen LogP) is 2.54. The van der Waals surface area contributed by atoms with Gasteiger partial charge in [0.1, 0.15) is 0 Å². The number of amides is 1. The lowest BCUT2D eigenvalue weighted by Gasteiger charge is -2.22. The summed E-state index contributed by atoms with van der Waals surface area (Å²) < 4.78 is 1.80. The molecule has 0 radical (unpaired) electrons. The summed E-state index contributed by atoms with van der Waals surface area (Å²) in [5.74, 6) is -1.53. The number of hydrogen-bond donors (Lipinski definition) is 2. The highest BCUT2D eigenvalue weighted by Crippen LogP contribution is 2.24. The van der Waals surface area contributed by atoms with Crippen molar-refractivity contribution in [3.05, 3.63) is 17.5 Å². The van der Waals surface area contributed by atoms with E-state index < -0.39 is 11.9 Å². The minimum atomic E-state index is -0.818. The second-order valence-corrected chi connectivity index (χ2v) is 6.34. The third kappa shape index (κ3) is 3.48. The first kappa shape index (κ1) is 16.5. The number of carboxylic acids is 1. The molecule has 1 fully saturated rings. The smallest absolute Gasteiger partial charge is 0.308 e. The van der Waals surface area contributed by atoms with E-state index in [0.29, 0.717) is 12.0 Å². The molecular weight excluding hydrogens is 282 g/mol. The topological polar surface area (TPSA) is 84.2 Å². The number of nitrogens with zero attached hydrogens (tertiary/aromatic N) is 2. The largest absolute Gasteiger partial charge is 0.481 e. The number of aromatic nitrogens is 2. The number of carbonyl (C=O) groups is 2. The average Bonchev–Trinajstić information content (AvgIpc) is 2.68. The van der Waals surface area contributed by atoms with Crippen LogP contribution in [0.2, 0.25) is 0 Å². The van der Waals surface area contributed by atoms with Crippen molar-refractivity contribution in [2.75, 3.05) is 0 Å². The highest BCUT2D eigenvalue weighted by atomic mass is 16.4. The molecule has 0 saturated heterocycles. The molecule has 0 aromatic carbocycles. The van der Waals surface area contributed by atoms with E-state index in [-0.39, 0.29) is 18.0 Å². The van der Waals surface area contributed by atoms with Crippen LogP contribution in [0.3, 0.4) is 0 Å². The Kier molecular flexibility index (Phi) is 5.21. The number of aliphatic carboxylic acids is 1. The Hall–Kier alpha value is -1.85. The molecule has 2 atom stereocenters. The van der Waals surface area contributed by atoms with Crippen molar-refractivity contribution in [1.82, 2.24) is 15.1 Å². The molecule has 0 unspecified atom stereocenters. The van der Waals surface area contributed by atoms with Crippen LogP contribution in [0.5, 0.6) is 0 Å². The van der Waals surface area contributed by atoms with Crippen LogP contribution in [-0.4, -0.2) is 32.8 Å². The summed E-state index contributed by atoms with van der Waals surface area (Å²) in [4.78, 5) is 23.9. The lowest BCUT2D eigenvalue weighted by atomic mass is 9.94. The zero-order chi connectivity index (χ0) is 16.3. The van der Waals surface area contributed by atoms with Crippen LogP contribution in [0.4, 0.5) is 0 Å². The molecule has 2 N–H and O–H groups in total. The summed E-state index contributed by atoms with van der Waals surface area (Å²) in [6.07, 6.45) is 5.81. The molecule has 1 saturated carbocycles. The first-order valence-electron chi connectivity index (χ1n) is 7.99. The van der Waals surface area contributed by atoms with Gasteiger partial charge in [0, 0.05) is 17.8 Å². The molecule has 0 aliphatic heterocycles. The maximum atomic E-state index is 12.5. The van der Waals surface area contributed by atoms with Crippen molar-refractivity contribution in [2.45, 2.75) is 65.0 Å². The summed E-state index contributed by atoms with van der Waals surface area (Å²) in [5.41, 5.74) is 1.34. The van der Waals surface area contributed by atoms with Gasteiger partial charge in [-0.15, -0.1) is 0 Å². The van der Waals surface area contributed by atoms with E-state index in [1.807, 2.05) is 20.8 Å². The van der Waals surface area contributed by atoms with Gasteiger partial charge in [0.25, 0.3) is 5.91 Å². The molecule has 6 heteroatoms. The van der Waals surface area contributed by atoms with Crippen LogP contribution >= 0.6 is 0 Å². The van der Waals surface area contributed by atoms with Gasteiger partial charge in [-0.1, -0.05) is 19.3 Å². The fraction of sp³-hybridized carbons (Fsp3) is 0.688. The first-order valence-corrected chi connectivity index (χ1v) is 7.99. The van der Waals surface area contributed by atoms with Crippen molar-refractivity contribution >= 4 is 11.9 Å². The first-order chi connectivity index (χ1) is 10.4. The Bertz CT molecular complexity index is 551. The summed E-state index contributed by atoms with van der Waals surface area (Å²) >= 11 is 0. The lowest BCUT2D eigenvalue weighted by molar-refractivity contribution is -0.142. The molecule has 6 nitrogen and oxygen atoms in total. The molecule has 22 heavy (non-hydrogen) atoms. The van der Waals surface area contributed by atoms with Gasteiger partial charge < -0.3 is 10.4 Å². The van der Waals surface area contributed by atoms with E-state index in [9.17, 15) is 14.7 Å². The van der Waals surface area contributed by atoms with Gasteiger partial charge in [-0.25, -0.2) is 0 Å². The predicted molar refractivity (Wildman–Crippen MR) is 82.8 cm³/mol. The van der Waals surface area contributed by atoms with Gasteiger partial charge in [0.2, 0.25) is 0 Å². The average molecular weight is 307 g/mol. The molecule has 0 bridgehead atoms. The van der Waals surface area contributed by atoms with Gasteiger partial charge in [0.05, 0.1) is 17.7 Å². The summed E-state index contributed by atoms with van der Waals surface area (Å²) in [5, 5.41) is 16.5. The summed E-state index contributed by atoms with van der Waals surface area (Å²) in [6, 6.07) is -0.111. The van der Waals surface area contributed by atoms with Crippen LogP contribution in [0.1, 0.15) is 68.0 Å². The molecule has 122 valence electrons. The SMILES string of the molecule is Cc1c(C(=O)N[C@H]2CCCCC[C@H]2C(=O)O)cnn1C(C)C. The van der Waals surface area contributed by atoms with Crippen LogP contribution in [0, 0.1) is 12.8 Å². The van der Waals surface area contributed by atoms with Gasteiger partial charge in [0.15, 0.2) is 0 Å². The molecule has 1 aliphatic carbocycles. The van der Waals surface area contributed by atoms with Crippen molar-refractivity contribution in [3.8, 4) is 0 Å². The number of rotatable bonds is 4. The van der Waals surface area contributed by atoms with Crippen LogP contribution in [0.25, 0.3) is 0 Å². The van der Waals surface area contributed by atoms with E-state index in [2.05, 4.69) is 10.4 Å². The van der Waals surface area contributed by atoms with Gasteiger partial charge in [-0.05, 0) is 33.6 Å². The standard InChI is InChI=1S/C16H25N3O3/c1-10(2)19-11(3)13(9-17-19)15(20)18-14-8-6-4-5-7-12(14)16(21)22/h9-10,12,14H,4-8H2,1-3H3,(H,18,20)(H,21,22)/t12-,14+/m1/s1. The zero-order valence-corrected chi connectivity index (χ0v) is 13.5. The van der Waals surface area contributed by atoms with E-state index >= 15 is 0 Å². The molecule has 1 heterocycles. The Balaban J connectivity index is 2.14. The van der Waals surface area contributed by atoms with Crippen LogP contribution < -0.4 is 5.32 Å². The fourth-order valence-corrected chi connectivity index (χ4v) is 3.19. The molecule has 1 aliphatic rings. The third-order valence-corrected chi connectivity index (χ3v) is 4.43. The fourth-order valence-electron chi connectivity index (χ4n) is 3.19. The Morgan fingerprint density at radius 3 is 2.59 bits per heavy atom. The van der Waals surface area contributed by atoms with Crippen molar-refractivity contribution in [2.24, 2.45) is 5.92 Å². The second-order valence-electron chi connectivity index (χ2n) is 6.34. The zero-order valence-electron chi connectivity index (χ0n) is 13.5. The maximum Gasteiger partial charge on any atom is 0.308 e.